The third-order valence-corrected chi connectivity index (χ3v) is 4.33. The highest BCUT2D eigenvalue weighted by Gasteiger charge is 2.21. The summed E-state index contributed by atoms with van der Waals surface area (Å²) in [4.78, 5) is 10.6. The Labute approximate surface area is 136 Å². The quantitative estimate of drug-likeness (QED) is 0.847. The molecule has 4 nitrogen and oxygen atoms in total. The van der Waals surface area contributed by atoms with E-state index in [9.17, 15) is 0 Å². The van der Waals surface area contributed by atoms with Crippen LogP contribution in [-0.4, -0.2) is 34.6 Å². The maximum atomic E-state index is 6.25. The van der Waals surface area contributed by atoms with Crippen LogP contribution in [0.15, 0.2) is 42.9 Å². The van der Waals surface area contributed by atoms with Crippen molar-refractivity contribution < 1.29 is 4.74 Å². The molecule has 1 fully saturated rings. The second-order valence-electron chi connectivity index (χ2n) is 5.69. The largest absolute Gasteiger partial charge is 0.476 e. The van der Waals surface area contributed by atoms with Gasteiger partial charge >= 0.3 is 0 Å². The number of halogens is 1. The zero-order valence-electron chi connectivity index (χ0n) is 12.5. The third kappa shape index (κ3) is 4.18. The van der Waals surface area contributed by atoms with Crippen LogP contribution in [0, 0.1) is 5.92 Å². The lowest BCUT2D eigenvalue weighted by molar-refractivity contribution is 0.123. The lowest BCUT2D eigenvalue weighted by Gasteiger charge is -2.32. The fourth-order valence-corrected chi connectivity index (χ4v) is 3.06. The minimum atomic E-state index is 0.526. The van der Waals surface area contributed by atoms with Crippen LogP contribution in [-0.2, 0) is 6.54 Å². The standard InChI is InChI=1S/C17H20ClN3O/c18-16-6-2-1-5-15(16)12-21-9-3-4-14(11-21)13-22-17-10-19-7-8-20-17/h1-2,5-8,10,14H,3-4,9,11-13H2. The maximum absolute atomic E-state index is 6.25. The van der Waals surface area contributed by atoms with E-state index >= 15 is 0 Å². The van der Waals surface area contributed by atoms with Gasteiger partial charge in [0, 0.05) is 36.4 Å². The first-order chi connectivity index (χ1) is 10.8. The number of aromatic nitrogens is 2. The Morgan fingerprint density at radius 3 is 3.00 bits per heavy atom. The SMILES string of the molecule is Clc1ccccc1CN1CCCC(COc2cnccn2)C1. The molecule has 2 heterocycles. The number of piperidine rings is 1. The van der Waals surface area contributed by atoms with Crippen LogP contribution in [0.2, 0.25) is 5.02 Å². The van der Waals surface area contributed by atoms with Gasteiger partial charge in [0.2, 0.25) is 5.88 Å². The minimum Gasteiger partial charge on any atom is -0.476 e. The van der Waals surface area contributed by atoms with Gasteiger partial charge in [0.15, 0.2) is 0 Å². The molecule has 1 saturated heterocycles. The number of hydrogen-bond donors (Lipinski definition) is 0. The van der Waals surface area contributed by atoms with Crippen molar-refractivity contribution in [1.29, 1.82) is 0 Å². The molecule has 2 aromatic rings. The van der Waals surface area contributed by atoms with Crippen molar-refractivity contribution in [3.8, 4) is 5.88 Å². The van der Waals surface area contributed by atoms with Crippen molar-refractivity contribution in [3.05, 3.63) is 53.4 Å². The molecule has 0 amide bonds. The van der Waals surface area contributed by atoms with E-state index in [0.29, 0.717) is 18.4 Å². The van der Waals surface area contributed by atoms with E-state index in [1.807, 2.05) is 18.2 Å². The Morgan fingerprint density at radius 1 is 1.27 bits per heavy atom. The van der Waals surface area contributed by atoms with Crippen LogP contribution < -0.4 is 4.74 Å². The predicted octanol–water partition coefficient (Wildman–Crippen LogP) is 3.42. The van der Waals surface area contributed by atoms with Crippen molar-refractivity contribution >= 4 is 11.6 Å². The highest BCUT2D eigenvalue weighted by molar-refractivity contribution is 6.31. The van der Waals surface area contributed by atoms with Crippen LogP contribution in [0.3, 0.4) is 0 Å². The molecule has 1 atom stereocenters. The molecule has 1 aromatic carbocycles. The molecule has 1 unspecified atom stereocenters. The van der Waals surface area contributed by atoms with Gasteiger partial charge in [-0.05, 0) is 31.0 Å². The topological polar surface area (TPSA) is 38.2 Å². The molecule has 116 valence electrons. The van der Waals surface area contributed by atoms with Gasteiger partial charge in [0.05, 0.1) is 12.8 Å². The van der Waals surface area contributed by atoms with Gasteiger partial charge in [-0.1, -0.05) is 29.8 Å². The normalized spacial score (nSPS) is 19.0. The Balaban J connectivity index is 1.52. The van der Waals surface area contributed by atoms with Gasteiger partial charge in [0.1, 0.15) is 0 Å². The second kappa shape index (κ2) is 7.56. The van der Waals surface area contributed by atoms with Crippen molar-refractivity contribution in [2.45, 2.75) is 19.4 Å². The minimum absolute atomic E-state index is 0.526. The van der Waals surface area contributed by atoms with Crippen LogP contribution >= 0.6 is 11.6 Å². The highest BCUT2D eigenvalue weighted by atomic mass is 35.5. The Hall–Kier alpha value is -1.65. The number of rotatable bonds is 5. The molecule has 0 spiro atoms. The molecule has 3 rings (SSSR count). The van der Waals surface area contributed by atoms with Crippen molar-refractivity contribution in [2.75, 3.05) is 19.7 Å². The second-order valence-corrected chi connectivity index (χ2v) is 6.10. The van der Waals surface area contributed by atoms with Crippen molar-refractivity contribution in [1.82, 2.24) is 14.9 Å². The van der Waals surface area contributed by atoms with Crippen LogP contribution in [0.5, 0.6) is 5.88 Å². The van der Waals surface area contributed by atoms with E-state index in [2.05, 4.69) is 20.9 Å². The summed E-state index contributed by atoms with van der Waals surface area (Å²) >= 11 is 6.25. The van der Waals surface area contributed by atoms with Crippen LogP contribution in [0.25, 0.3) is 0 Å². The van der Waals surface area contributed by atoms with Gasteiger partial charge in [-0.15, -0.1) is 0 Å². The fourth-order valence-electron chi connectivity index (χ4n) is 2.86. The molecule has 0 radical (unpaired) electrons. The Morgan fingerprint density at radius 2 is 2.18 bits per heavy atom. The number of benzene rings is 1. The van der Waals surface area contributed by atoms with Crippen molar-refractivity contribution in [2.24, 2.45) is 5.92 Å². The van der Waals surface area contributed by atoms with Crippen molar-refractivity contribution in [3.63, 3.8) is 0 Å². The molecule has 0 bridgehead atoms. The molecule has 1 aromatic heterocycles. The van der Waals surface area contributed by atoms with Gasteiger partial charge < -0.3 is 4.74 Å². The summed E-state index contributed by atoms with van der Waals surface area (Å²) in [6.07, 6.45) is 7.35. The molecule has 0 aliphatic carbocycles. The van der Waals surface area contributed by atoms with Gasteiger partial charge in [-0.3, -0.25) is 9.88 Å². The highest BCUT2D eigenvalue weighted by Crippen LogP contribution is 2.22. The first-order valence-electron chi connectivity index (χ1n) is 7.66. The Bertz CT molecular complexity index is 593. The lowest BCUT2D eigenvalue weighted by atomic mass is 9.98. The summed E-state index contributed by atoms with van der Waals surface area (Å²) in [6.45, 7) is 3.75. The average Bonchev–Trinajstić information content (AvgIpc) is 2.57. The Kier molecular flexibility index (Phi) is 5.24. The summed E-state index contributed by atoms with van der Waals surface area (Å²) in [6, 6.07) is 8.07. The lowest BCUT2D eigenvalue weighted by Crippen LogP contribution is -2.37. The number of ether oxygens (including phenoxy) is 1. The molecule has 5 heteroatoms. The molecule has 1 aliphatic rings. The van der Waals surface area contributed by atoms with E-state index < -0.39 is 0 Å². The molecular weight excluding hydrogens is 298 g/mol. The van der Waals surface area contributed by atoms with Crippen LogP contribution in [0.4, 0.5) is 0 Å². The monoisotopic (exact) mass is 317 g/mol. The van der Waals surface area contributed by atoms with Gasteiger partial charge in [0.25, 0.3) is 0 Å². The van der Waals surface area contributed by atoms with E-state index in [1.165, 1.54) is 18.4 Å². The number of likely N-dealkylation sites (tertiary alicyclic amines) is 1. The zero-order valence-corrected chi connectivity index (χ0v) is 13.2. The maximum Gasteiger partial charge on any atom is 0.232 e. The molecule has 0 N–H and O–H groups in total. The summed E-state index contributed by atoms with van der Waals surface area (Å²) in [5.74, 6) is 1.13. The number of hydrogen-bond acceptors (Lipinski definition) is 4. The van der Waals surface area contributed by atoms with E-state index in [-0.39, 0.29) is 0 Å². The summed E-state index contributed by atoms with van der Waals surface area (Å²) < 4.78 is 5.74. The zero-order chi connectivity index (χ0) is 15.2. The van der Waals surface area contributed by atoms with Gasteiger partial charge in [-0.25, -0.2) is 4.98 Å². The molecule has 0 saturated carbocycles. The number of nitrogens with zero attached hydrogens (tertiary/aromatic N) is 3. The summed E-state index contributed by atoms with van der Waals surface area (Å²) in [5.41, 5.74) is 1.19. The molecule has 1 aliphatic heterocycles. The third-order valence-electron chi connectivity index (χ3n) is 3.96. The molecule has 22 heavy (non-hydrogen) atoms. The van der Waals surface area contributed by atoms with E-state index in [0.717, 1.165) is 24.7 Å². The summed E-state index contributed by atoms with van der Waals surface area (Å²) in [5, 5.41) is 0.848. The van der Waals surface area contributed by atoms with E-state index in [4.69, 9.17) is 16.3 Å². The average molecular weight is 318 g/mol. The molecular formula is C17H20ClN3O. The van der Waals surface area contributed by atoms with Gasteiger partial charge in [-0.2, -0.15) is 0 Å². The van der Waals surface area contributed by atoms with Crippen LogP contribution in [0.1, 0.15) is 18.4 Å². The smallest absolute Gasteiger partial charge is 0.232 e. The first kappa shape index (κ1) is 15.3. The first-order valence-corrected chi connectivity index (χ1v) is 8.03. The van der Waals surface area contributed by atoms with E-state index in [1.54, 1.807) is 18.6 Å². The predicted molar refractivity (Wildman–Crippen MR) is 87.0 cm³/mol. The summed E-state index contributed by atoms with van der Waals surface area (Å²) in [7, 11) is 0. The fraction of sp³-hybridized carbons (Fsp3) is 0.412.